The van der Waals surface area contributed by atoms with Crippen LogP contribution in [0.4, 0.5) is 5.69 Å². The zero-order chi connectivity index (χ0) is 18.8. The molecule has 5 rings (SSSR count). The lowest BCUT2D eigenvalue weighted by atomic mass is 10.0. The molecule has 0 amide bonds. The van der Waals surface area contributed by atoms with Crippen LogP contribution in [-0.2, 0) is 0 Å². The van der Waals surface area contributed by atoms with E-state index in [4.69, 9.17) is 0 Å². The summed E-state index contributed by atoms with van der Waals surface area (Å²) in [5.74, 6) is 0. The zero-order valence-corrected chi connectivity index (χ0v) is 15.3. The van der Waals surface area contributed by atoms with E-state index in [0.29, 0.717) is 0 Å². The van der Waals surface area contributed by atoms with Gasteiger partial charge in [-0.05, 0) is 42.0 Å². The predicted molar refractivity (Wildman–Crippen MR) is 106 cm³/mol. The molecule has 1 atom stereocenters. The third-order valence-corrected chi connectivity index (χ3v) is 5.07. The lowest BCUT2D eigenvalue weighted by Crippen LogP contribution is -2.46. The molecule has 0 aliphatic carbocycles. The van der Waals surface area contributed by atoms with Gasteiger partial charge in [0.15, 0.2) is 0 Å². The summed E-state index contributed by atoms with van der Waals surface area (Å²) in [5, 5.41) is 11.9. The third kappa shape index (κ3) is 3.14. The van der Waals surface area contributed by atoms with Crippen LogP contribution in [0.5, 0.6) is 0 Å². The Bertz CT molecular complexity index is 922. The van der Waals surface area contributed by atoms with Gasteiger partial charge in [-0.25, -0.2) is 19.3 Å². The molecule has 0 radical (unpaired) electrons. The molecule has 2 aromatic carbocycles. The molecule has 4 aromatic rings. The molecule has 8 nitrogen and oxygen atoms in total. The van der Waals surface area contributed by atoms with E-state index in [1.165, 1.54) is 11.3 Å². The molecule has 1 saturated heterocycles. The summed E-state index contributed by atoms with van der Waals surface area (Å²) >= 11 is 0. The van der Waals surface area contributed by atoms with Gasteiger partial charge in [-0.3, -0.25) is 0 Å². The smallest absolute Gasteiger partial charge is 0.138 e. The number of hydrogen-bond acceptors (Lipinski definition) is 6. The first kappa shape index (κ1) is 16.6. The van der Waals surface area contributed by atoms with Crippen molar-refractivity contribution in [3.8, 4) is 11.4 Å². The summed E-state index contributed by atoms with van der Waals surface area (Å²) in [7, 11) is 0. The number of hydrogen-bond donors (Lipinski definition) is 1. The highest BCUT2D eigenvalue weighted by Gasteiger charge is 2.24. The molecule has 3 heterocycles. The molecular formula is C20H20N8. The first-order chi connectivity index (χ1) is 13.9. The van der Waals surface area contributed by atoms with Crippen molar-refractivity contribution in [2.24, 2.45) is 0 Å². The Morgan fingerprint density at radius 3 is 1.89 bits per heavy atom. The minimum atomic E-state index is 0.274. The molecule has 8 heteroatoms. The van der Waals surface area contributed by atoms with Gasteiger partial charge in [0.2, 0.25) is 0 Å². The van der Waals surface area contributed by atoms with E-state index >= 15 is 0 Å². The molecule has 1 aliphatic heterocycles. The fourth-order valence-corrected chi connectivity index (χ4v) is 3.64. The van der Waals surface area contributed by atoms with Crippen molar-refractivity contribution in [1.29, 1.82) is 0 Å². The summed E-state index contributed by atoms with van der Waals surface area (Å²) < 4.78 is 3.53. The summed E-state index contributed by atoms with van der Waals surface area (Å²) in [5.41, 5.74) is 4.49. The largest absolute Gasteiger partial charge is 0.362 e. The SMILES string of the molecule is c1ncn(-c2ccc(C3CNCCN3c3ccc(-n4cncn4)cc3)cc2)n1. The minimum absolute atomic E-state index is 0.274. The van der Waals surface area contributed by atoms with E-state index in [0.717, 1.165) is 31.0 Å². The van der Waals surface area contributed by atoms with Crippen LogP contribution in [0.25, 0.3) is 11.4 Å². The number of piperazine rings is 1. The van der Waals surface area contributed by atoms with Crippen molar-refractivity contribution in [3.05, 3.63) is 79.4 Å². The quantitative estimate of drug-likeness (QED) is 0.590. The van der Waals surface area contributed by atoms with Crippen molar-refractivity contribution in [2.75, 3.05) is 24.5 Å². The number of nitrogens with one attached hydrogen (secondary N) is 1. The Balaban J connectivity index is 1.40. The van der Waals surface area contributed by atoms with Crippen molar-refractivity contribution < 1.29 is 0 Å². The van der Waals surface area contributed by atoms with Gasteiger partial charge in [0.25, 0.3) is 0 Å². The Morgan fingerprint density at radius 1 is 0.750 bits per heavy atom. The standard InChI is InChI=1S/C20H20N8/c1-3-18(27-14-22-12-24-27)4-2-16(1)20-11-21-9-10-26(20)17-5-7-19(8-6-17)28-15-23-13-25-28/h1-8,12-15,20-21H,9-11H2. The van der Waals surface area contributed by atoms with Gasteiger partial charge in [0.1, 0.15) is 25.3 Å². The van der Waals surface area contributed by atoms with Gasteiger partial charge < -0.3 is 10.2 Å². The van der Waals surface area contributed by atoms with Crippen LogP contribution in [0.2, 0.25) is 0 Å². The van der Waals surface area contributed by atoms with Gasteiger partial charge in [0.05, 0.1) is 17.4 Å². The van der Waals surface area contributed by atoms with Crippen LogP contribution < -0.4 is 10.2 Å². The van der Waals surface area contributed by atoms with Crippen molar-refractivity contribution in [1.82, 2.24) is 34.8 Å². The highest BCUT2D eigenvalue weighted by atomic mass is 15.3. The maximum absolute atomic E-state index is 4.19. The van der Waals surface area contributed by atoms with Crippen LogP contribution in [0, 0.1) is 0 Å². The van der Waals surface area contributed by atoms with E-state index in [1.807, 2.05) is 0 Å². The Labute approximate surface area is 162 Å². The predicted octanol–water partition coefficient (Wildman–Crippen LogP) is 2.00. The van der Waals surface area contributed by atoms with Crippen molar-refractivity contribution >= 4 is 5.69 Å². The van der Waals surface area contributed by atoms with Gasteiger partial charge in [-0.1, -0.05) is 12.1 Å². The zero-order valence-electron chi connectivity index (χ0n) is 15.3. The van der Waals surface area contributed by atoms with Gasteiger partial charge >= 0.3 is 0 Å². The summed E-state index contributed by atoms with van der Waals surface area (Å²) in [6.45, 7) is 2.84. The molecule has 0 saturated carbocycles. The monoisotopic (exact) mass is 372 g/mol. The van der Waals surface area contributed by atoms with E-state index in [9.17, 15) is 0 Å². The summed E-state index contributed by atoms with van der Waals surface area (Å²) in [6, 6.07) is 17.3. The molecule has 1 N–H and O–H groups in total. The summed E-state index contributed by atoms with van der Waals surface area (Å²) in [6.07, 6.45) is 6.51. The fourth-order valence-electron chi connectivity index (χ4n) is 3.64. The van der Waals surface area contributed by atoms with Crippen molar-refractivity contribution in [2.45, 2.75) is 6.04 Å². The second-order valence-corrected chi connectivity index (χ2v) is 6.70. The number of aromatic nitrogens is 6. The number of rotatable bonds is 4. The first-order valence-electron chi connectivity index (χ1n) is 9.26. The number of anilines is 1. The number of nitrogens with zero attached hydrogens (tertiary/aromatic N) is 7. The lowest BCUT2D eigenvalue weighted by molar-refractivity contribution is 0.490. The molecular weight excluding hydrogens is 352 g/mol. The van der Waals surface area contributed by atoms with Crippen LogP contribution in [0.15, 0.2) is 73.8 Å². The molecule has 1 fully saturated rings. The Hall–Kier alpha value is -3.52. The second kappa shape index (κ2) is 7.24. The van der Waals surface area contributed by atoms with E-state index < -0.39 is 0 Å². The molecule has 28 heavy (non-hydrogen) atoms. The Morgan fingerprint density at radius 2 is 1.32 bits per heavy atom. The molecule has 140 valence electrons. The lowest BCUT2D eigenvalue weighted by Gasteiger charge is -2.38. The maximum Gasteiger partial charge on any atom is 0.138 e. The van der Waals surface area contributed by atoms with Crippen molar-refractivity contribution in [3.63, 3.8) is 0 Å². The highest BCUT2D eigenvalue weighted by molar-refractivity contribution is 5.53. The highest BCUT2D eigenvalue weighted by Crippen LogP contribution is 2.29. The van der Waals surface area contributed by atoms with Gasteiger partial charge in [-0.2, -0.15) is 10.2 Å². The van der Waals surface area contributed by atoms with Crippen LogP contribution in [-0.4, -0.2) is 49.2 Å². The molecule has 1 aliphatic rings. The average Bonchev–Trinajstić information content (AvgIpc) is 3.48. The molecule has 1 unspecified atom stereocenters. The molecule has 0 bridgehead atoms. The van der Waals surface area contributed by atoms with E-state index in [-0.39, 0.29) is 6.04 Å². The number of benzene rings is 2. The van der Waals surface area contributed by atoms with Crippen LogP contribution >= 0.6 is 0 Å². The van der Waals surface area contributed by atoms with Gasteiger partial charge in [0, 0.05) is 25.3 Å². The van der Waals surface area contributed by atoms with E-state index in [1.54, 1.807) is 34.7 Å². The summed E-state index contributed by atoms with van der Waals surface area (Å²) in [4.78, 5) is 10.5. The first-order valence-corrected chi connectivity index (χ1v) is 9.26. The molecule has 2 aromatic heterocycles. The van der Waals surface area contributed by atoms with Crippen LogP contribution in [0.1, 0.15) is 11.6 Å². The third-order valence-electron chi connectivity index (χ3n) is 5.07. The second-order valence-electron chi connectivity index (χ2n) is 6.70. The topological polar surface area (TPSA) is 76.7 Å². The fraction of sp³-hybridized carbons (Fsp3) is 0.200. The minimum Gasteiger partial charge on any atom is -0.362 e. The van der Waals surface area contributed by atoms with E-state index in [2.05, 4.69) is 78.9 Å². The Kier molecular flexibility index (Phi) is 4.30. The average molecular weight is 372 g/mol. The normalized spacial score (nSPS) is 17.0. The van der Waals surface area contributed by atoms with Crippen LogP contribution in [0.3, 0.4) is 0 Å². The van der Waals surface area contributed by atoms with Gasteiger partial charge in [-0.15, -0.1) is 0 Å². The maximum atomic E-state index is 4.19. The molecule has 0 spiro atoms.